The van der Waals surface area contributed by atoms with Gasteiger partial charge in [-0.15, -0.1) is 0 Å². The molecule has 1 aliphatic heterocycles. The predicted octanol–water partition coefficient (Wildman–Crippen LogP) is 4.90. The molecule has 0 spiro atoms. The fraction of sp³-hybridized carbons (Fsp3) is 0.111. The summed E-state index contributed by atoms with van der Waals surface area (Å²) in [6.07, 6.45) is 1.69. The highest BCUT2D eigenvalue weighted by atomic mass is 35.5. The summed E-state index contributed by atoms with van der Waals surface area (Å²) in [5, 5.41) is -0.0741. The van der Waals surface area contributed by atoms with Crippen LogP contribution in [-0.2, 0) is 4.79 Å². The number of benzene rings is 2. The molecule has 1 heterocycles. The van der Waals surface area contributed by atoms with Crippen molar-refractivity contribution in [2.75, 3.05) is 19.1 Å². The minimum atomic E-state index is -0.558. The van der Waals surface area contributed by atoms with Gasteiger partial charge in [-0.3, -0.25) is 9.69 Å². The number of carbonyl (C=O) groups is 1. The lowest BCUT2D eigenvalue weighted by atomic mass is 10.1. The van der Waals surface area contributed by atoms with Gasteiger partial charge in [-0.25, -0.2) is 4.39 Å². The molecule has 4 nitrogen and oxygen atoms in total. The molecule has 2 aromatic rings. The van der Waals surface area contributed by atoms with E-state index in [1.54, 1.807) is 38.5 Å². The number of thiocarbonyl (C=S) groups is 1. The van der Waals surface area contributed by atoms with Crippen LogP contribution in [0.2, 0.25) is 5.02 Å². The third kappa shape index (κ3) is 3.56. The van der Waals surface area contributed by atoms with Crippen molar-refractivity contribution in [3.8, 4) is 11.5 Å². The molecule has 0 saturated carbocycles. The molecule has 1 saturated heterocycles. The zero-order chi connectivity index (χ0) is 18.8. The third-order valence-corrected chi connectivity index (χ3v) is 5.27. The molecule has 1 fully saturated rings. The van der Waals surface area contributed by atoms with Crippen LogP contribution in [0.5, 0.6) is 11.5 Å². The van der Waals surface area contributed by atoms with Gasteiger partial charge >= 0.3 is 0 Å². The molecule has 0 atom stereocenters. The van der Waals surface area contributed by atoms with E-state index in [4.69, 9.17) is 33.3 Å². The van der Waals surface area contributed by atoms with Gasteiger partial charge in [-0.1, -0.05) is 35.6 Å². The van der Waals surface area contributed by atoms with Crippen LogP contribution in [0, 0.1) is 5.82 Å². The Balaban J connectivity index is 1.98. The Bertz CT molecular complexity index is 933. The van der Waals surface area contributed by atoms with Crippen molar-refractivity contribution in [1.29, 1.82) is 0 Å². The first-order chi connectivity index (χ1) is 12.4. The summed E-state index contributed by atoms with van der Waals surface area (Å²) in [6.45, 7) is 0. The van der Waals surface area contributed by atoms with Gasteiger partial charge in [0.15, 0.2) is 4.32 Å². The van der Waals surface area contributed by atoms with Gasteiger partial charge in [0.25, 0.3) is 5.91 Å². The molecule has 1 aliphatic rings. The van der Waals surface area contributed by atoms with Crippen LogP contribution in [0.25, 0.3) is 6.08 Å². The summed E-state index contributed by atoms with van der Waals surface area (Å²) >= 11 is 12.3. The molecule has 26 heavy (non-hydrogen) atoms. The van der Waals surface area contributed by atoms with Gasteiger partial charge < -0.3 is 9.47 Å². The molecule has 0 aliphatic carbocycles. The summed E-state index contributed by atoms with van der Waals surface area (Å²) in [6, 6.07) is 9.32. The van der Waals surface area contributed by atoms with Crippen LogP contribution in [0.3, 0.4) is 0 Å². The summed E-state index contributed by atoms with van der Waals surface area (Å²) < 4.78 is 24.3. The second-order valence-electron chi connectivity index (χ2n) is 5.22. The quantitative estimate of drug-likeness (QED) is 0.530. The highest BCUT2D eigenvalue weighted by Crippen LogP contribution is 2.38. The molecule has 8 heteroatoms. The predicted molar refractivity (Wildman–Crippen MR) is 107 cm³/mol. The molecule has 0 bridgehead atoms. The van der Waals surface area contributed by atoms with E-state index in [1.807, 2.05) is 0 Å². The van der Waals surface area contributed by atoms with E-state index < -0.39 is 5.82 Å². The number of amides is 1. The zero-order valence-corrected chi connectivity index (χ0v) is 16.2. The first-order valence-corrected chi connectivity index (χ1v) is 9.00. The highest BCUT2D eigenvalue weighted by Gasteiger charge is 2.33. The van der Waals surface area contributed by atoms with Crippen LogP contribution >= 0.6 is 35.6 Å². The molecule has 0 unspecified atom stereocenters. The number of hydrogen-bond acceptors (Lipinski definition) is 5. The molecular weight excluding hydrogens is 397 g/mol. The summed E-state index contributed by atoms with van der Waals surface area (Å²) in [5.41, 5.74) is 1.10. The van der Waals surface area contributed by atoms with Crippen molar-refractivity contribution in [3.05, 3.63) is 57.7 Å². The number of ether oxygens (including phenoxy) is 2. The Morgan fingerprint density at radius 1 is 1.19 bits per heavy atom. The maximum Gasteiger partial charge on any atom is 0.270 e. The minimum absolute atomic E-state index is 0.0741. The molecule has 1 amide bonds. The number of rotatable bonds is 4. The monoisotopic (exact) mass is 409 g/mol. The molecule has 0 aromatic heterocycles. The van der Waals surface area contributed by atoms with Gasteiger partial charge in [0.1, 0.15) is 17.3 Å². The Kier molecular flexibility index (Phi) is 5.50. The number of nitrogens with zero attached hydrogens (tertiary/aromatic N) is 1. The zero-order valence-electron chi connectivity index (χ0n) is 13.8. The normalized spacial score (nSPS) is 15.7. The molecular formula is C18H13ClFNO3S2. The average Bonchev–Trinajstić information content (AvgIpc) is 2.91. The van der Waals surface area contributed by atoms with E-state index >= 15 is 0 Å². The Labute approximate surface area is 164 Å². The van der Waals surface area contributed by atoms with Gasteiger partial charge in [-0.05, 0) is 42.5 Å². The van der Waals surface area contributed by atoms with Crippen molar-refractivity contribution in [1.82, 2.24) is 0 Å². The maximum absolute atomic E-state index is 13.4. The SMILES string of the molecule is COc1ccc(OC)c(/C=C2/SC(=S)N(c3ccc(F)c(Cl)c3)C2=O)c1. The molecule has 3 rings (SSSR count). The topological polar surface area (TPSA) is 38.8 Å². The summed E-state index contributed by atoms with van der Waals surface area (Å²) in [7, 11) is 3.11. The molecule has 134 valence electrons. The fourth-order valence-electron chi connectivity index (χ4n) is 2.41. The first-order valence-electron chi connectivity index (χ1n) is 7.39. The van der Waals surface area contributed by atoms with Crippen molar-refractivity contribution >= 4 is 57.6 Å². The molecule has 2 aromatic carbocycles. The van der Waals surface area contributed by atoms with E-state index in [0.29, 0.717) is 32.0 Å². The largest absolute Gasteiger partial charge is 0.497 e. The standard InChI is InChI=1S/C18H13ClFNO3S2/c1-23-12-4-6-15(24-2)10(7-12)8-16-17(22)21(18(25)26-16)11-3-5-14(20)13(19)9-11/h3-9H,1-2H3/b16-8+. The van der Waals surface area contributed by atoms with Gasteiger partial charge in [0.05, 0.1) is 29.8 Å². The number of thioether (sulfide) groups is 1. The van der Waals surface area contributed by atoms with Crippen LogP contribution in [-0.4, -0.2) is 24.4 Å². The lowest BCUT2D eigenvalue weighted by Crippen LogP contribution is -2.27. The summed E-state index contributed by atoms with van der Waals surface area (Å²) in [4.78, 5) is 14.6. The number of carbonyl (C=O) groups excluding carboxylic acids is 1. The number of halogens is 2. The van der Waals surface area contributed by atoms with Crippen LogP contribution in [0.4, 0.5) is 10.1 Å². The molecule has 0 N–H and O–H groups in total. The van der Waals surface area contributed by atoms with E-state index in [1.165, 1.54) is 23.1 Å². The van der Waals surface area contributed by atoms with Crippen LogP contribution in [0.15, 0.2) is 41.3 Å². The van der Waals surface area contributed by atoms with Gasteiger partial charge in [0.2, 0.25) is 0 Å². The van der Waals surface area contributed by atoms with Crippen LogP contribution in [0.1, 0.15) is 5.56 Å². The third-order valence-electron chi connectivity index (χ3n) is 3.68. The Morgan fingerprint density at radius 2 is 1.96 bits per heavy atom. The number of hydrogen-bond donors (Lipinski definition) is 0. The van der Waals surface area contributed by atoms with E-state index in [2.05, 4.69) is 0 Å². The lowest BCUT2D eigenvalue weighted by Gasteiger charge is -2.14. The van der Waals surface area contributed by atoms with Crippen molar-refractivity contribution in [3.63, 3.8) is 0 Å². The Morgan fingerprint density at radius 3 is 2.62 bits per heavy atom. The number of anilines is 1. The highest BCUT2D eigenvalue weighted by molar-refractivity contribution is 8.27. The van der Waals surface area contributed by atoms with Crippen molar-refractivity contribution < 1.29 is 18.7 Å². The molecule has 0 radical (unpaired) electrons. The lowest BCUT2D eigenvalue weighted by molar-refractivity contribution is -0.113. The number of methoxy groups -OCH3 is 2. The minimum Gasteiger partial charge on any atom is -0.497 e. The van der Waals surface area contributed by atoms with E-state index in [-0.39, 0.29) is 10.9 Å². The average molecular weight is 410 g/mol. The fourth-order valence-corrected chi connectivity index (χ4v) is 3.87. The Hall–Kier alpha value is -2.09. The summed E-state index contributed by atoms with van der Waals surface area (Å²) in [5.74, 6) is 0.365. The smallest absolute Gasteiger partial charge is 0.270 e. The van der Waals surface area contributed by atoms with Crippen molar-refractivity contribution in [2.24, 2.45) is 0 Å². The first kappa shape index (κ1) is 18.7. The maximum atomic E-state index is 13.4. The second kappa shape index (κ2) is 7.65. The van der Waals surface area contributed by atoms with Gasteiger partial charge in [0, 0.05) is 5.56 Å². The second-order valence-corrected chi connectivity index (χ2v) is 7.31. The van der Waals surface area contributed by atoms with E-state index in [9.17, 15) is 9.18 Å². The van der Waals surface area contributed by atoms with Crippen molar-refractivity contribution in [2.45, 2.75) is 0 Å². The van der Waals surface area contributed by atoms with E-state index in [0.717, 1.165) is 11.8 Å². The van der Waals surface area contributed by atoms with Crippen LogP contribution < -0.4 is 14.4 Å². The van der Waals surface area contributed by atoms with Gasteiger partial charge in [-0.2, -0.15) is 0 Å².